The monoisotopic (exact) mass is 288 g/mol. The van der Waals surface area contributed by atoms with Crippen molar-refractivity contribution in [3.8, 4) is 0 Å². The van der Waals surface area contributed by atoms with Gasteiger partial charge in [0.05, 0.1) is 5.92 Å². The van der Waals surface area contributed by atoms with Crippen LogP contribution in [-0.2, 0) is 4.79 Å². The molecule has 1 rings (SSSR count). The standard InChI is InChI=1S/C15H28O3S/c1-10(8-16)9-19-13-7-11(15(2,3)4)5-6-12(13)14(17)18/h10-13,16H,5-9H2,1-4H3,(H,17,18). The molecule has 0 aliphatic heterocycles. The summed E-state index contributed by atoms with van der Waals surface area (Å²) >= 11 is 1.75. The smallest absolute Gasteiger partial charge is 0.307 e. The first-order valence-corrected chi connectivity index (χ1v) is 8.25. The second-order valence-electron chi connectivity index (χ2n) is 6.98. The normalized spacial score (nSPS) is 30.1. The molecule has 4 atom stereocenters. The van der Waals surface area contributed by atoms with Gasteiger partial charge in [-0.05, 0) is 42.3 Å². The van der Waals surface area contributed by atoms with E-state index in [1.807, 2.05) is 6.92 Å². The van der Waals surface area contributed by atoms with Gasteiger partial charge in [0.1, 0.15) is 0 Å². The maximum absolute atomic E-state index is 11.4. The SMILES string of the molecule is CC(CO)CSC1CC(C(C)(C)C)CCC1C(=O)O. The van der Waals surface area contributed by atoms with Crippen molar-refractivity contribution in [3.63, 3.8) is 0 Å². The average molecular weight is 288 g/mol. The van der Waals surface area contributed by atoms with Crippen LogP contribution in [0.4, 0.5) is 0 Å². The topological polar surface area (TPSA) is 57.5 Å². The highest BCUT2D eigenvalue weighted by Crippen LogP contribution is 2.44. The van der Waals surface area contributed by atoms with Crippen LogP contribution in [0, 0.1) is 23.2 Å². The maximum atomic E-state index is 11.4. The van der Waals surface area contributed by atoms with Crippen molar-refractivity contribution in [2.75, 3.05) is 12.4 Å². The van der Waals surface area contributed by atoms with E-state index < -0.39 is 5.97 Å². The fourth-order valence-electron chi connectivity index (χ4n) is 2.72. The summed E-state index contributed by atoms with van der Waals surface area (Å²) in [5.74, 6) is 0.831. The van der Waals surface area contributed by atoms with Crippen LogP contribution in [0.15, 0.2) is 0 Å². The number of thioether (sulfide) groups is 1. The minimum atomic E-state index is -0.651. The van der Waals surface area contributed by atoms with Crippen LogP contribution in [0.25, 0.3) is 0 Å². The Bertz CT molecular complexity index is 298. The maximum Gasteiger partial charge on any atom is 0.307 e. The molecule has 4 unspecified atom stereocenters. The third-order valence-electron chi connectivity index (χ3n) is 4.24. The van der Waals surface area contributed by atoms with E-state index in [1.54, 1.807) is 11.8 Å². The van der Waals surface area contributed by atoms with Gasteiger partial charge in [0, 0.05) is 11.9 Å². The summed E-state index contributed by atoms with van der Waals surface area (Å²) in [6.45, 7) is 8.93. The highest BCUT2D eigenvalue weighted by molar-refractivity contribution is 7.99. The lowest BCUT2D eigenvalue weighted by Gasteiger charge is -2.40. The second kappa shape index (κ2) is 6.98. The van der Waals surface area contributed by atoms with Crippen LogP contribution in [0.5, 0.6) is 0 Å². The predicted molar refractivity (Wildman–Crippen MR) is 80.4 cm³/mol. The van der Waals surface area contributed by atoms with Gasteiger partial charge >= 0.3 is 5.97 Å². The summed E-state index contributed by atoms with van der Waals surface area (Å²) < 4.78 is 0. The van der Waals surface area contributed by atoms with E-state index in [4.69, 9.17) is 5.11 Å². The van der Waals surface area contributed by atoms with Crippen LogP contribution in [0.2, 0.25) is 0 Å². The van der Waals surface area contributed by atoms with Crippen LogP contribution in [0.1, 0.15) is 47.0 Å². The number of carbonyl (C=O) groups is 1. The van der Waals surface area contributed by atoms with E-state index in [1.165, 1.54) is 0 Å². The summed E-state index contributed by atoms with van der Waals surface area (Å²) in [6.07, 6.45) is 2.80. The molecule has 0 bridgehead atoms. The molecule has 19 heavy (non-hydrogen) atoms. The molecule has 2 N–H and O–H groups in total. The molecule has 0 saturated heterocycles. The quantitative estimate of drug-likeness (QED) is 0.815. The molecule has 0 spiro atoms. The van der Waals surface area contributed by atoms with Gasteiger partial charge in [0.15, 0.2) is 0 Å². The number of carboxylic acids is 1. The number of hydrogen-bond donors (Lipinski definition) is 2. The molecule has 1 saturated carbocycles. The van der Waals surface area contributed by atoms with Gasteiger partial charge < -0.3 is 10.2 Å². The van der Waals surface area contributed by atoms with Gasteiger partial charge in [-0.1, -0.05) is 27.7 Å². The Morgan fingerprint density at radius 1 is 1.37 bits per heavy atom. The lowest BCUT2D eigenvalue weighted by atomic mass is 9.69. The Morgan fingerprint density at radius 3 is 2.47 bits per heavy atom. The fraction of sp³-hybridized carbons (Fsp3) is 0.933. The highest BCUT2D eigenvalue weighted by atomic mass is 32.2. The molecule has 0 aromatic rings. The lowest BCUT2D eigenvalue weighted by molar-refractivity contribution is -0.143. The van der Waals surface area contributed by atoms with Crippen LogP contribution >= 0.6 is 11.8 Å². The van der Waals surface area contributed by atoms with Crippen molar-refractivity contribution in [2.45, 2.75) is 52.2 Å². The summed E-state index contributed by atoms with van der Waals surface area (Å²) in [5.41, 5.74) is 0.255. The summed E-state index contributed by atoms with van der Waals surface area (Å²) in [5, 5.41) is 18.6. The zero-order chi connectivity index (χ0) is 14.6. The Kier molecular flexibility index (Phi) is 6.18. The van der Waals surface area contributed by atoms with Crippen molar-refractivity contribution in [1.29, 1.82) is 0 Å². The first-order valence-electron chi connectivity index (χ1n) is 7.21. The number of hydrogen-bond acceptors (Lipinski definition) is 3. The van der Waals surface area contributed by atoms with E-state index in [9.17, 15) is 9.90 Å². The number of rotatable bonds is 5. The van der Waals surface area contributed by atoms with Crippen LogP contribution < -0.4 is 0 Å². The van der Waals surface area contributed by atoms with Gasteiger partial charge in [0.2, 0.25) is 0 Å². The first kappa shape index (κ1) is 16.8. The van der Waals surface area contributed by atoms with E-state index >= 15 is 0 Å². The van der Waals surface area contributed by atoms with Crippen molar-refractivity contribution in [3.05, 3.63) is 0 Å². The summed E-state index contributed by atoms with van der Waals surface area (Å²) in [4.78, 5) is 11.4. The van der Waals surface area contributed by atoms with Crippen molar-refractivity contribution in [1.82, 2.24) is 0 Å². The molecule has 0 heterocycles. The molecule has 0 amide bonds. The van der Waals surface area contributed by atoms with Gasteiger partial charge in [-0.15, -0.1) is 0 Å². The Balaban J connectivity index is 2.65. The Morgan fingerprint density at radius 2 is 2.00 bits per heavy atom. The molecule has 0 radical (unpaired) electrons. The number of aliphatic carboxylic acids is 1. The van der Waals surface area contributed by atoms with Crippen LogP contribution in [-0.4, -0.2) is 33.8 Å². The third kappa shape index (κ3) is 4.99. The average Bonchev–Trinajstić information content (AvgIpc) is 2.34. The minimum Gasteiger partial charge on any atom is -0.481 e. The van der Waals surface area contributed by atoms with E-state index in [0.717, 1.165) is 25.0 Å². The molecule has 1 aliphatic rings. The Labute approximate surface area is 121 Å². The molecule has 1 fully saturated rings. The fourth-order valence-corrected chi connectivity index (χ4v) is 4.26. The van der Waals surface area contributed by atoms with Gasteiger partial charge in [0.25, 0.3) is 0 Å². The number of aliphatic hydroxyl groups is 1. The summed E-state index contributed by atoms with van der Waals surface area (Å²) in [7, 11) is 0. The van der Waals surface area contributed by atoms with Gasteiger partial charge in [-0.3, -0.25) is 4.79 Å². The molecular weight excluding hydrogens is 260 g/mol. The molecule has 112 valence electrons. The number of carboxylic acid groups (broad SMARTS) is 1. The Hall–Kier alpha value is -0.220. The third-order valence-corrected chi connectivity index (χ3v) is 5.95. The largest absolute Gasteiger partial charge is 0.481 e. The molecule has 3 nitrogen and oxygen atoms in total. The zero-order valence-electron chi connectivity index (χ0n) is 12.6. The van der Waals surface area contributed by atoms with Crippen molar-refractivity contribution < 1.29 is 15.0 Å². The molecular formula is C15H28O3S. The molecule has 4 heteroatoms. The van der Waals surface area contributed by atoms with Crippen molar-refractivity contribution in [2.24, 2.45) is 23.2 Å². The zero-order valence-corrected chi connectivity index (χ0v) is 13.4. The van der Waals surface area contributed by atoms with E-state index in [-0.39, 0.29) is 29.1 Å². The van der Waals surface area contributed by atoms with Gasteiger partial charge in [-0.2, -0.15) is 11.8 Å². The number of aliphatic hydroxyl groups excluding tert-OH is 1. The van der Waals surface area contributed by atoms with Gasteiger partial charge in [-0.25, -0.2) is 0 Å². The first-order chi connectivity index (χ1) is 8.75. The van der Waals surface area contributed by atoms with E-state index in [0.29, 0.717) is 5.92 Å². The lowest BCUT2D eigenvalue weighted by Crippen LogP contribution is -2.37. The highest BCUT2D eigenvalue weighted by Gasteiger charge is 2.39. The van der Waals surface area contributed by atoms with Crippen molar-refractivity contribution >= 4 is 17.7 Å². The van der Waals surface area contributed by atoms with Crippen LogP contribution in [0.3, 0.4) is 0 Å². The molecule has 0 aromatic heterocycles. The second-order valence-corrected chi connectivity index (χ2v) is 8.25. The molecule has 1 aliphatic carbocycles. The molecule has 0 aromatic carbocycles. The summed E-state index contributed by atoms with van der Waals surface area (Å²) in [6, 6.07) is 0. The minimum absolute atomic E-state index is 0.181. The predicted octanol–water partition coefficient (Wildman–Crippen LogP) is 3.26. The van der Waals surface area contributed by atoms with E-state index in [2.05, 4.69) is 20.8 Å².